The molecule has 1 unspecified atom stereocenters. The van der Waals surface area contributed by atoms with Crippen molar-refractivity contribution in [1.29, 1.82) is 0 Å². The number of morpholine rings is 1. The topological polar surface area (TPSA) is 38.8 Å². The van der Waals surface area contributed by atoms with E-state index < -0.39 is 0 Å². The van der Waals surface area contributed by atoms with Crippen molar-refractivity contribution in [2.75, 3.05) is 26.3 Å². The maximum atomic E-state index is 13.0. The molecule has 25 heavy (non-hydrogen) atoms. The monoisotopic (exact) mass is 343 g/mol. The minimum absolute atomic E-state index is 0.104. The minimum Gasteiger partial charge on any atom is -0.494 e. The molecule has 0 bridgehead atoms. The molecule has 0 aromatic heterocycles. The first kappa shape index (κ1) is 17.4. The fourth-order valence-electron chi connectivity index (χ4n) is 2.84. The number of amides is 1. The number of benzene rings is 2. The zero-order chi connectivity index (χ0) is 17.5. The zero-order valence-corrected chi connectivity index (χ0v) is 14.1. The number of para-hydroxylation sites is 1. The van der Waals surface area contributed by atoms with Gasteiger partial charge in [-0.25, -0.2) is 4.39 Å². The van der Waals surface area contributed by atoms with E-state index in [1.165, 1.54) is 12.1 Å². The molecule has 5 heteroatoms. The Bertz CT molecular complexity index is 675. The lowest BCUT2D eigenvalue weighted by molar-refractivity contribution is -0.139. The van der Waals surface area contributed by atoms with Crippen LogP contribution < -0.4 is 4.74 Å². The van der Waals surface area contributed by atoms with Crippen LogP contribution in [-0.4, -0.2) is 37.1 Å². The van der Waals surface area contributed by atoms with Crippen molar-refractivity contribution in [2.45, 2.75) is 18.9 Å². The van der Waals surface area contributed by atoms with E-state index in [-0.39, 0.29) is 17.8 Å². The summed E-state index contributed by atoms with van der Waals surface area (Å²) in [5.41, 5.74) is 0.895. The van der Waals surface area contributed by atoms with Crippen molar-refractivity contribution in [2.24, 2.45) is 0 Å². The number of nitrogens with zero attached hydrogens (tertiary/aromatic N) is 1. The van der Waals surface area contributed by atoms with Crippen molar-refractivity contribution in [3.05, 3.63) is 66.0 Å². The van der Waals surface area contributed by atoms with Gasteiger partial charge in [0.2, 0.25) is 5.91 Å². The van der Waals surface area contributed by atoms with Crippen LogP contribution in [0.15, 0.2) is 54.6 Å². The van der Waals surface area contributed by atoms with Gasteiger partial charge in [0.25, 0.3) is 0 Å². The molecule has 132 valence electrons. The Morgan fingerprint density at radius 1 is 1.16 bits per heavy atom. The molecule has 1 saturated heterocycles. The average molecular weight is 343 g/mol. The molecule has 1 aliphatic rings. The summed E-state index contributed by atoms with van der Waals surface area (Å²) in [4.78, 5) is 14.2. The smallest absolute Gasteiger partial charge is 0.222 e. The highest BCUT2D eigenvalue weighted by atomic mass is 19.1. The van der Waals surface area contributed by atoms with E-state index in [2.05, 4.69) is 0 Å². The van der Waals surface area contributed by atoms with Crippen molar-refractivity contribution in [1.82, 2.24) is 4.90 Å². The van der Waals surface area contributed by atoms with Gasteiger partial charge in [0.15, 0.2) is 0 Å². The third-order valence-corrected chi connectivity index (χ3v) is 4.21. The standard InChI is InChI=1S/C20H22FNO3/c21-17-10-8-16(9-11-17)19-15-22(12-14-25-19)20(23)7-4-13-24-18-5-2-1-3-6-18/h1-3,5-6,8-11,19H,4,7,12-15H2. The van der Waals surface area contributed by atoms with Crippen LogP contribution in [0.4, 0.5) is 4.39 Å². The largest absolute Gasteiger partial charge is 0.494 e. The summed E-state index contributed by atoms with van der Waals surface area (Å²) in [6, 6.07) is 15.8. The highest BCUT2D eigenvalue weighted by Crippen LogP contribution is 2.23. The predicted octanol–water partition coefficient (Wildman–Crippen LogP) is 3.58. The second kappa shape index (κ2) is 8.62. The molecule has 2 aromatic carbocycles. The van der Waals surface area contributed by atoms with Crippen LogP contribution in [0.1, 0.15) is 24.5 Å². The Kier molecular flexibility index (Phi) is 6.01. The Labute approximate surface area is 147 Å². The quantitative estimate of drug-likeness (QED) is 0.753. The molecule has 0 spiro atoms. The Morgan fingerprint density at radius 3 is 2.68 bits per heavy atom. The Morgan fingerprint density at radius 2 is 1.92 bits per heavy atom. The summed E-state index contributed by atoms with van der Waals surface area (Å²) >= 11 is 0. The van der Waals surface area contributed by atoms with Gasteiger partial charge in [0.1, 0.15) is 17.7 Å². The summed E-state index contributed by atoms with van der Waals surface area (Å²) in [6.07, 6.45) is 0.925. The lowest BCUT2D eigenvalue weighted by atomic mass is 10.1. The van der Waals surface area contributed by atoms with Gasteiger partial charge in [-0.05, 0) is 36.2 Å². The number of hydrogen-bond acceptors (Lipinski definition) is 3. The first-order valence-corrected chi connectivity index (χ1v) is 8.55. The molecule has 0 saturated carbocycles. The fourth-order valence-corrected chi connectivity index (χ4v) is 2.84. The summed E-state index contributed by atoms with van der Waals surface area (Å²) in [7, 11) is 0. The average Bonchev–Trinajstić information content (AvgIpc) is 2.66. The lowest BCUT2D eigenvalue weighted by Gasteiger charge is -2.33. The number of halogens is 1. The van der Waals surface area contributed by atoms with Crippen LogP contribution in [0, 0.1) is 5.82 Å². The van der Waals surface area contributed by atoms with E-state index in [1.807, 2.05) is 35.2 Å². The van der Waals surface area contributed by atoms with Gasteiger partial charge in [-0.3, -0.25) is 4.79 Å². The van der Waals surface area contributed by atoms with Crippen LogP contribution in [0.3, 0.4) is 0 Å². The minimum atomic E-state index is -0.272. The van der Waals surface area contributed by atoms with Gasteiger partial charge >= 0.3 is 0 Å². The first-order chi connectivity index (χ1) is 12.2. The van der Waals surface area contributed by atoms with Crippen LogP contribution in [-0.2, 0) is 9.53 Å². The molecule has 3 rings (SSSR count). The van der Waals surface area contributed by atoms with E-state index in [0.29, 0.717) is 39.1 Å². The van der Waals surface area contributed by atoms with E-state index in [4.69, 9.17) is 9.47 Å². The second-order valence-corrected chi connectivity index (χ2v) is 6.02. The summed E-state index contributed by atoms with van der Waals surface area (Å²) in [6.45, 7) is 2.11. The van der Waals surface area contributed by atoms with E-state index in [1.54, 1.807) is 12.1 Å². The van der Waals surface area contributed by atoms with E-state index in [9.17, 15) is 9.18 Å². The molecule has 0 aliphatic carbocycles. The van der Waals surface area contributed by atoms with E-state index >= 15 is 0 Å². The fraction of sp³-hybridized carbons (Fsp3) is 0.350. The van der Waals surface area contributed by atoms with Gasteiger partial charge in [-0.15, -0.1) is 0 Å². The highest BCUT2D eigenvalue weighted by molar-refractivity contribution is 5.76. The Balaban J connectivity index is 1.44. The van der Waals surface area contributed by atoms with Crippen LogP contribution in [0.5, 0.6) is 5.75 Å². The molecule has 1 amide bonds. The molecule has 1 heterocycles. The number of carbonyl (C=O) groups is 1. The number of rotatable bonds is 6. The maximum absolute atomic E-state index is 13.0. The molecule has 0 N–H and O–H groups in total. The SMILES string of the molecule is O=C(CCCOc1ccccc1)N1CCOC(c2ccc(F)cc2)C1. The summed E-state index contributed by atoms with van der Waals surface area (Å²) in [5.74, 6) is 0.649. The lowest BCUT2D eigenvalue weighted by Crippen LogP contribution is -2.42. The van der Waals surface area contributed by atoms with Gasteiger partial charge in [-0.2, -0.15) is 0 Å². The summed E-state index contributed by atoms with van der Waals surface area (Å²) < 4.78 is 24.4. The van der Waals surface area contributed by atoms with Crippen molar-refractivity contribution in [3.8, 4) is 5.75 Å². The van der Waals surface area contributed by atoms with Crippen LogP contribution in [0.25, 0.3) is 0 Å². The van der Waals surface area contributed by atoms with Gasteiger partial charge in [-0.1, -0.05) is 30.3 Å². The van der Waals surface area contributed by atoms with Gasteiger partial charge in [0.05, 0.1) is 19.8 Å². The van der Waals surface area contributed by atoms with Gasteiger partial charge < -0.3 is 14.4 Å². The first-order valence-electron chi connectivity index (χ1n) is 8.55. The molecule has 1 atom stereocenters. The normalized spacial score (nSPS) is 17.3. The zero-order valence-electron chi connectivity index (χ0n) is 14.1. The predicted molar refractivity (Wildman–Crippen MR) is 92.8 cm³/mol. The molecule has 1 fully saturated rings. The van der Waals surface area contributed by atoms with Crippen LogP contribution >= 0.6 is 0 Å². The van der Waals surface area contributed by atoms with Gasteiger partial charge in [0, 0.05) is 13.0 Å². The maximum Gasteiger partial charge on any atom is 0.222 e. The third-order valence-electron chi connectivity index (χ3n) is 4.21. The molecular weight excluding hydrogens is 321 g/mol. The molecular formula is C20H22FNO3. The number of carbonyl (C=O) groups excluding carboxylic acids is 1. The van der Waals surface area contributed by atoms with Crippen molar-refractivity contribution < 1.29 is 18.7 Å². The van der Waals surface area contributed by atoms with E-state index in [0.717, 1.165) is 11.3 Å². The highest BCUT2D eigenvalue weighted by Gasteiger charge is 2.25. The molecule has 1 aliphatic heterocycles. The third kappa shape index (κ3) is 5.03. The number of ether oxygens (including phenoxy) is 2. The van der Waals surface area contributed by atoms with Crippen molar-refractivity contribution in [3.63, 3.8) is 0 Å². The second-order valence-electron chi connectivity index (χ2n) is 6.02. The van der Waals surface area contributed by atoms with Crippen molar-refractivity contribution >= 4 is 5.91 Å². The molecule has 4 nitrogen and oxygen atoms in total. The summed E-state index contributed by atoms with van der Waals surface area (Å²) in [5, 5.41) is 0. The van der Waals surface area contributed by atoms with Crippen LogP contribution in [0.2, 0.25) is 0 Å². The molecule has 0 radical (unpaired) electrons. The Hall–Kier alpha value is -2.40. The number of hydrogen-bond donors (Lipinski definition) is 0. The molecule has 2 aromatic rings.